The zero-order valence-electron chi connectivity index (χ0n) is 9.61. The molecule has 2 nitrogen and oxygen atoms in total. The molecule has 1 aliphatic rings. The Morgan fingerprint density at radius 2 is 2.31 bits per heavy atom. The number of hydrogen-bond acceptors (Lipinski definition) is 2. The monoisotopic (exact) mass is 281 g/mol. The number of ether oxygens (including phenoxy) is 1. The molecule has 0 saturated carbocycles. The molecule has 0 radical (unpaired) electrons. The molecule has 0 fully saturated rings. The molecule has 16 heavy (non-hydrogen) atoms. The van der Waals surface area contributed by atoms with E-state index in [1.54, 1.807) is 0 Å². The Kier molecular flexibility index (Phi) is 3.64. The zero-order chi connectivity index (χ0) is 11.5. The number of hydrogen-bond donors (Lipinski definition) is 0. The van der Waals surface area contributed by atoms with Gasteiger partial charge < -0.3 is 4.74 Å². The smallest absolute Gasteiger partial charge is 0.188 e. The van der Waals surface area contributed by atoms with Gasteiger partial charge in [0.15, 0.2) is 5.90 Å². The number of rotatable bonds is 3. The first-order valence-corrected chi connectivity index (χ1v) is 6.38. The highest BCUT2D eigenvalue weighted by Crippen LogP contribution is 2.17. The second-order valence-electron chi connectivity index (χ2n) is 4.45. The maximum Gasteiger partial charge on any atom is 0.188 e. The van der Waals surface area contributed by atoms with Gasteiger partial charge in [-0.2, -0.15) is 0 Å². The van der Waals surface area contributed by atoms with Crippen LogP contribution in [0.2, 0.25) is 0 Å². The lowest BCUT2D eigenvalue weighted by atomic mass is 10.1. The molecule has 0 aromatic heterocycles. The highest BCUT2D eigenvalue weighted by Gasteiger charge is 2.21. The van der Waals surface area contributed by atoms with Gasteiger partial charge in [-0.15, -0.1) is 0 Å². The molecule has 1 atom stereocenters. The standard InChI is InChI=1S/C13H16BrNO/c1-9(2)12-8-16-13(15-12)7-10-4-3-5-11(14)6-10/h3-6,9,12H,7-8H2,1-2H3/t12-/m0/s1. The van der Waals surface area contributed by atoms with Crippen molar-refractivity contribution in [2.24, 2.45) is 10.9 Å². The van der Waals surface area contributed by atoms with Crippen LogP contribution in [-0.2, 0) is 11.2 Å². The maximum atomic E-state index is 5.61. The van der Waals surface area contributed by atoms with Crippen LogP contribution in [0.4, 0.5) is 0 Å². The Morgan fingerprint density at radius 1 is 1.50 bits per heavy atom. The fraction of sp³-hybridized carbons (Fsp3) is 0.462. The van der Waals surface area contributed by atoms with E-state index in [4.69, 9.17) is 4.74 Å². The van der Waals surface area contributed by atoms with Crippen molar-refractivity contribution in [3.8, 4) is 0 Å². The van der Waals surface area contributed by atoms with Crippen molar-refractivity contribution < 1.29 is 4.74 Å². The fourth-order valence-electron chi connectivity index (χ4n) is 1.70. The average molecular weight is 282 g/mol. The third-order valence-corrected chi connectivity index (χ3v) is 3.24. The first kappa shape index (κ1) is 11.6. The van der Waals surface area contributed by atoms with Crippen molar-refractivity contribution in [2.45, 2.75) is 26.3 Å². The average Bonchev–Trinajstić information content (AvgIpc) is 2.66. The molecule has 1 heterocycles. The van der Waals surface area contributed by atoms with E-state index in [0.29, 0.717) is 12.0 Å². The van der Waals surface area contributed by atoms with E-state index in [9.17, 15) is 0 Å². The van der Waals surface area contributed by atoms with Crippen LogP contribution in [0, 0.1) is 5.92 Å². The third kappa shape index (κ3) is 2.85. The van der Waals surface area contributed by atoms with Crippen LogP contribution < -0.4 is 0 Å². The Bertz CT molecular complexity index is 401. The SMILES string of the molecule is CC(C)[C@@H]1COC(Cc2cccc(Br)c2)=N1. The molecular weight excluding hydrogens is 266 g/mol. The molecule has 2 rings (SSSR count). The summed E-state index contributed by atoms with van der Waals surface area (Å²) >= 11 is 3.47. The molecule has 0 unspecified atom stereocenters. The van der Waals surface area contributed by atoms with Gasteiger partial charge in [0.2, 0.25) is 0 Å². The zero-order valence-corrected chi connectivity index (χ0v) is 11.2. The highest BCUT2D eigenvalue weighted by molar-refractivity contribution is 9.10. The van der Waals surface area contributed by atoms with Crippen molar-refractivity contribution in [3.63, 3.8) is 0 Å². The lowest BCUT2D eigenvalue weighted by Crippen LogP contribution is -2.13. The predicted molar refractivity (Wildman–Crippen MR) is 69.9 cm³/mol. The second kappa shape index (κ2) is 5.00. The van der Waals surface area contributed by atoms with Gasteiger partial charge in [0.05, 0.1) is 6.04 Å². The quantitative estimate of drug-likeness (QED) is 0.832. The first-order valence-electron chi connectivity index (χ1n) is 5.59. The minimum absolute atomic E-state index is 0.335. The van der Waals surface area contributed by atoms with E-state index in [2.05, 4.69) is 46.9 Å². The van der Waals surface area contributed by atoms with Gasteiger partial charge in [0, 0.05) is 10.9 Å². The van der Waals surface area contributed by atoms with E-state index >= 15 is 0 Å². The number of aliphatic imine (C=N–C) groups is 1. The number of halogens is 1. The molecule has 0 bridgehead atoms. The predicted octanol–water partition coefficient (Wildman–Crippen LogP) is 3.44. The molecule has 0 aliphatic carbocycles. The minimum Gasteiger partial charge on any atom is -0.478 e. The van der Waals surface area contributed by atoms with E-state index in [-0.39, 0.29) is 0 Å². The van der Waals surface area contributed by atoms with Crippen molar-refractivity contribution >= 4 is 21.8 Å². The van der Waals surface area contributed by atoms with Crippen LogP contribution in [0.25, 0.3) is 0 Å². The molecule has 1 aromatic carbocycles. The molecule has 0 saturated heterocycles. The topological polar surface area (TPSA) is 21.6 Å². The van der Waals surface area contributed by atoms with E-state index < -0.39 is 0 Å². The molecular formula is C13H16BrNO. The Labute approximate surface area is 105 Å². The summed E-state index contributed by atoms with van der Waals surface area (Å²) in [5, 5.41) is 0. The van der Waals surface area contributed by atoms with Gasteiger partial charge in [0.1, 0.15) is 6.61 Å². The van der Waals surface area contributed by atoms with E-state index in [1.165, 1.54) is 5.56 Å². The minimum atomic E-state index is 0.335. The van der Waals surface area contributed by atoms with Gasteiger partial charge in [-0.25, -0.2) is 4.99 Å². The van der Waals surface area contributed by atoms with Crippen LogP contribution in [0.5, 0.6) is 0 Å². The van der Waals surface area contributed by atoms with Crippen molar-refractivity contribution in [3.05, 3.63) is 34.3 Å². The summed E-state index contributed by atoms with van der Waals surface area (Å²) < 4.78 is 6.71. The summed E-state index contributed by atoms with van der Waals surface area (Å²) in [7, 11) is 0. The Balaban J connectivity index is 2.03. The van der Waals surface area contributed by atoms with Crippen molar-refractivity contribution in [1.29, 1.82) is 0 Å². The van der Waals surface area contributed by atoms with Gasteiger partial charge >= 0.3 is 0 Å². The summed E-state index contributed by atoms with van der Waals surface area (Å²) in [5.41, 5.74) is 1.23. The molecule has 1 aliphatic heterocycles. The lowest BCUT2D eigenvalue weighted by Gasteiger charge is -2.06. The summed E-state index contributed by atoms with van der Waals surface area (Å²) in [6, 6.07) is 8.60. The molecule has 1 aromatic rings. The second-order valence-corrected chi connectivity index (χ2v) is 5.37. The van der Waals surface area contributed by atoms with Crippen LogP contribution in [0.3, 0.4) is 0 Å². The van der Waals surface area contributed by atoms with Crippen LogP contribution in [0.1, 0.15) is 19.4 Å². The van der Waals surface area contributed by atoms with Gasteiger partial charge in [0.25, 0.3) is 0 Å². The molecule has 0 amide bonds. The first-order chi connectivity index (χ1) is 7.65. The highest BCUT2D eigenvalue weighted by atomic mass is 79.9. The summed E-state index contributed by atoms with van der Waals surface area (Å²) in [4.78, 5) is 4.59. The fourth-order valence-corrected chi connectivity index (χ4v) is 2.15. The third-order valence-electron chi connectivity index (χ3n) is 2.74. The molecule has 3 heteroatoms. The Hall–Kier alpha value is -0.830. The van der Waals surface area contributed by atoms with Crippen molar-refractivity contribution in [2.75, 3.05) is 6.61 Å². The number of benzene rings is 1. The summed E-state index contributed by atoms with van der Waals surface area (Å²) in [6.07, 6.45) is 0.794. The van der Waals surface area contributed by atoms with E-state index in [1.807, 2.05) is 12.1 Å². The van der Waals surface area contributed by atoms with E-state index in [0.717, 1.165) is 23.4 Å². The molecule has 0 N–H and O–H groups in total. The van der Waals surface area contributed by atoms with Gasteiger partial charge in [-0.3, -0.25) is 0 Å². The normalized spacial score (nSPS) is 19.8. The van der Waals surface area contributed by atoms with Gasteiger partial charge in [-0.1, -0.05) is 41.9 Å². The Morgan fingerprint density at radius 3 is 2.94 bits per heavy atom. The summed E-state index contributed by atoms with van der Waals surface area (Å²) in [6.45, 7) is 5.10. The van der Waals surface area contributed by atoms with Crippen LogP contribution in [-0.4, -0.2) is 18.5 Å². The summed E-state index contributed by atoms with van der Waals surface area (Å²) in [5.74, 6) is 1.43. The van der Waals surface area contributed by atoms with Crippen LogP contribution >= 0.6 is 15.9 Å². The molecule has 0 spiro atoms. The maximum absolute atomic E-state index is 5.61. The van der Waals surface area contributed by atoms with Gasteiger partial charge in [-0.05, 0) is 23.6 Å². The molecule has 86 valence electrons. The lowest BCUT2D eigenvalue weighted by molar-refractivity contribution is 0.287. The van der Waals surface area contributed by atoms with Crippen molar-refractivity contribution in [1.82, 2.24) is 0 Å². The number of nitrogens with zero attached hydrogens (tertiary/aromatic N) is 1. The largest absolute Gasteiger partial charge is 0.478 e. The van der Waals surface area contributed by atoms with Crippen LogP contribution in [0.15, 0.2) is 33.7 Å².